The molecule has 0 spiro atoms. The maximum atomic E-state index is 12.4. The molecule has 0 aliphatic carbocycles. The van der Waals surface area contributed by atoms with Crippen LogP contribution < -0.4 is 0 Å². The molecule has 1 aliphatic rings. The van der Waals surface area contributed by atoms with Crippen LogP contribution in [0, 0.1) is 11.3 Å². The van der Waals surface area contributed by atoms with Gasteiger partial charge in [0.2, 0.25) is 0 Å². The number of hydrogen-bond acceptors (Lipinski definition) is 3. The number of rotatable bonds is 3. The van der Waals surface area contributed by atoms with Crippen molar-refractivity contribution < 1.29 is 9.53 Å². The van der Waals surface area contributed by atoms with E-state index in [1.165, 1.54) is 0 Å². The number of ketones is 1. The molecule has 1 aromatic rings. The first-order chi connectivity index (χ1) is 8.57. The molecule has 1 saturated heterocycles. The first-order valence-electron chi connectivity index (χ1n) is 5.90. The zero-order chi connectivity index (χ0) is 13.2. The highest BCUT2D eigenvalue weighted by atomic mass is 79.9. The number of Topliss-reactive ketones (excluding diaryl/α,β-unsaturated/α-hetero) is 1. The molecule has 0 amide bonds. The summed E-state index contributed by atoms with van der Waals surface area (Å²) < 4.78 is 6.39. The lowest BCUT2D eigenvalue weighted by Gasteiger charge is -2.24. The Balaban J connectivity index is 2.29. The van der Waals surface area contributed by atoms with Gasteiger partial charge in [0.15, 0.2) is 5.78 Å². The molecule has 0 bridgehead atoms. The van der Waals surface area contributed by atoms with Crippen molar-refractivity contribution in [2.45, 2.75) is 31.3 Å². The monoisotopic (exact) mass is 307 g/mol. The third-order valence-electron chi connectivity index (χ3n) is 3.31. The van der Waals surface area contributed by atoms with Crippen molar-refractivity contribution in [3.63, 3.8) is 0 Å². The van der Waals surface area contributed by atoms with E-state index in [0.717, 1.165) is 10.9 Å². The van der Waals surface area contributed by atoms with Crippen LogP contribution in [-0.4, -0.2) is 18.0 Å². The molecule has 4 heteroatoms. The predicted molar refractivity (Wildman–Crippen MR) is 71.1 cm³/mol. The molecule has 3 nitrogen and oxygen atoms in total. The Morgan fingerprint density at radius 2 is 2.39 bits per heavy atom. The van der Waals surface area contributed by atoms with Crippen molar-refractivity contribution >= 4 is 21.7 Å². The Hall–Kier alpha value is -1.18. The summed E-state index contributed by atoms with van der Waals surface area (Å²) >= 11 is 3.35. The molecule has 18 heavy (non-hydrogen) atoms. The second-order valence-electron chi connectivity index (χ2n) is 4.66. The normalized spacial score (nSPS) is 24.5. The Labute approximate surface area is 115 Å². The van der Waals surface area contributed by atoms with E-state index < -0.39 is 11.5 Å². The maximum Gasteiger partial charge on any atom is 0.185 e. The highest BCUT2D eigenvalue weighted by Crippen LogP contribution is 2.32. The van der Waals surface area contributed by atoms with Crippen LogP contribution in [0.4, 0.5) is 0 Å². The zero-order valence-corrected chi connectivity index (χ0v) is 11.7. The van der Waals surface area contributed by atoms with E-state index in [0.29, 0.717) is 18.6 Å². The van der Waals surface area contributed by atoms with Gasteiger partial charge < -0.3 is 4.74 Å². The molecule has 2 rings (SSSR count). The topological polar surface area (TPSA) is 50.1 Å². The smallest absolute Gasteiger partial charge is 0.185 e. The lowest BCUT2D eigenvalue weighted by molar-refractivity contribution is -0.137. The largest absolute Gasteiger partial charge is 0.367 e. The Bertz CT molecular complexity index is 501. The summed E-state index contributed by atoms with van der Waals surface area (Å²) in [4.78, 5) is 12.4. The third kappa shape index (κ3) is 2.47. The highest BCUT2D eigenvalue weighted by Gasteiger charge is 2.42. The summed E-state index contributed by atoms with van der Waals surface area (Å²) in [6.45, 7) is 2.38. The van der Waals surface area contributed by atoms with Gasteiger partial charge in [0.1, 0.15) is 11.5 Å². The molecule has 2 atom stereocenters. The fourth-order valence-corrected chi connectivity index (χ4v) is 2.67. The first kappa shape index (κ1) is 13.3. The van der Waals surface area contributed by atoms with E-state index in [1.54, 1.807) is 13.0 Å². The van der Waals surface area contributed by atoms with Crippen molar-refractivity contribution in [1.82, 2.24) is 0 Å². The molecular formula is C14H14BrNO2. The molecule has 0 radical (unpaired) electrons. The van der Waals surface area contributed by atoms with Crippen LogP contribution in [0.25, 0.3) is 0 Å². The second kappa shape index (κ2) is 5.21. The summed E-state index contributed by atoms with van der Waals surface area (Å²) in [6, 6.07) is 9.41. The van der Waals surface area contributed by atoms with Crippen molar-refractivity contribution in [2.75, 3.05) is 6.61 Å². The molecule has 1 aliphatic heterocycles. The number of benzene rings is 1. The summed E-state index contributed by atoms with van der Waals surface area (Å²) in [5, 5.41) is 9.27. The minimum Gasteiger partial charge on any atom is -0.367 e. The number of ether oxygens (including phenoxy) is 1. The summed E-state index contributed by atoms with van der Waals surface area (Å²) in [5.74, 6) is -0.897. The average Bonchev–Trinajstić information content (AvgIpc) is 2.78. The van der Waals surface area contributed by atoms with Gasteiger partial charge in [0.05, 0.1) is 6.07 Å². The van der Waals surface area contributed by atoms with Crippen LogP contribution in [0.2, 0.25) is 0 Å². The van der Waals surface area contributed by atoms with Gasteiger partial charge >= 0.3 is 0 Å². The minimum absolute atomic E-state index is 0.138. The van der Waals surface area contributed by atoms with Gasteiger partial charge in [0.25, 0.3) is 0 Å². The first-order valence-corrected chi connectivity index (χ1v) is 6.69. The van der Waals surface area contributed by atoms with Gasteiger partial charge in [-0.3, -0.25) is 4.79 Å². The number of halogens is 1. The van der Waals surface area contributed by atoms with Crippen LogP contribution in [0.3, 0.4) is 0 Å². The fraction of sp³-hybridized carbons (Fsp3) is 0.429. The number of nitrogens with zero attached hydrogens (tertiary/aromatic N) is 1. The van der Waals surface area contributed by atoms with Gasteiger partial charge in [-0.05, 0) is 37.5 Å². The van der Waals surface area contributed by atoms with E-state index in [4.69, 9.17) is 4.74 Å². The average molecular weight is 308 g/mol. The van der Waals surface area contributed by atoms with Gasteiger partial charge in [-0.1, -0.05) is 28.1 Å². The van der Waals surface area contributed by atoms with Gasteiger partial charge in [-0.15, -0.1) is 0 Å². The number of carbonyl (C=O) groups excluding carboxylic acids is 1. The molecular weight excluding hydrogens is 294 g/mol. The minimum atomic E-state index is -0.803. The molecule has 2 unspecified atom stereocenters. The third-order valence-corrected chi connectivity index (χ3v) is 3.81. The second-order valence-corrected chi connectivity index (χ2v) is 5.58. The zero-order valence-electron chi connectivity index (χ0n) is 10.1. The molecule has 1 aromatic carbocycles. The lowest BCUT2D eigenvalue weighted by atomic mass is 9.85. The molecule has 0 aromatic heterocycles. The number of carbonyl (C=O) groups is 1. The summed E-state index contributed by atoms with van der Waals surface area (Å²) in [7, 11) is 0. The van der Waals surface area contributed by atoms with Crippen LogP contribution in [0.15, 0.2) is 28.7 Å². The van der Waals surface area contributed by atoms with Gasteiger partial charge in [-0.2, -0.15) is 5.26 Å². The quantitative estimate of drug-likeness (QED) is 0.861. The molecule has 94 valence electrons. The Morgan fingerprint density at radius 1 is 1.61 bits per heavy atom. The Kier molecular flexibility index (Phi) is 3.84. The highest BCUT2D eigenvalue weighted by molar-refractivity contribution is 9.10. The fourth-order valence-electron chi connectivity index (χ4n) is 2.25. The van der Waals surface area contributed by atoms with E-state index >= 15 is 0 Å². The van der Waals surface area contributed by atoms with Crippen LogP contribution in [0.1, 0.15) is 31.2 Å². The lowest BCUT2D eigenvalue weighted by Crippen LogP contribution is -2.37. The SMILES string of the molecule is CC1(C(=O)C(C#N)c2cccc(Br)c2)CCCO1. The van der Waals surface area contributed by atoms with E-state index in [-0.39, 0.29) is 5.78 Å². The van der Waals surface area contributed by atoms with Crippen molar-refractivity contribution in [3.05, 3.63) is 34.3 Å². The Morgan fingerprint density at radius 3 is 2.94 bits per heavy atom. The standard InChI is InChI=1S/C14H14BrNO2/c1-14(6-3-7-18-14)13(17)12(9-16)10-4-2-5-11(15)8-10/h2,4-5,8,12H,3,6-7H2,1H3. The van der Waals surface area contributed by atoms with Crippen LogP contribution in [-0.2, 0) is 9.53 Å². The number of hydrogen-bond donors (Lipinski definition) is 0. The van der Waals surface area contributed by atoms with Gasteiger partial charge in [-0.25, -0.2) is 0 Å². The van der Waals surface area contributed by atoms with E-state index in [9.17, 15) is 10.1 Å². The van der Waals surface area contributed by atoms with Crippen LogP contribution >= 0.6 is 15.9 Å². The molecule has 0 N–H and O–H groups in total. The molecule has 1 heterocycles. The number of nitriles is 1. The summed E-state index contributed by atoms with van der Waals surface area (Å²) in [5.41, 5.74) is -0.0866. The maximum absolute atomic E-state index is 12.4. The van der Waals surface area contributed by atoms with Crippen molar-refractivity contribution in [2.24, 2.45) is 0 Å². The molecule has 1 fully saturated rings. The van der Waals surface area contributed by atoms with Crippen molar-refractivity contribution in [1.29, 1.82) is 5.26 Å². The predicted octanol–water partition coefficient (Wildman–Crippen LogP) is 3.19. The van der Waals surface area contributed by atoms with Crippen LogP contribution in [0.5, 0.6) is 0 Å². The summed E-state index contributed by atoms with van der Waals surface area (Å²) in [6.07, 6.45) is 1.57. The van der Waals surface area contributed by atoms with E-state index in [2.05, 4.69) is 22.0 Å². The molecule has 0 saturated carbocycles. The van der Waals surface area contributed by atoms with Gasteiger partial charge in [0, 0.05) is 11.1 Å². The van der Waals surface area contributed by atoms with E-state index in [1.807, 2.05) is 18.2 Å². The van der Waals surface area contributed by atoms with Crippen molar-refractivity contribution in [3.8, 4) is 6.07 Å².